The van der Waals surface area contributed by atoms with Gasteiger partial charge >= 0.3 is 0 Å². The van der Waals surface area contributed by atoms with Crippen LogP contribution in [0.15, 0.2) is 112 Å². The highest BCUT2D eigenvalue weighted by Gasteiger charge is 2.36. The fourth-order valence-corrected chi connectivity index (χ4v) is 6.30. The van der Waals surface area contributed by atoms with Crippen LogP contribution in [0.2, 0.25) is 0 Å². The van der Waals surface area contributed by atoms with E-state index in [1.807, 2.05) is 38.1 Å². The third-order valence-electron chi connectivity index (χ3n) is 8.30. The fourth-order valence-electron chi connectivity index (χ4n) is 6.30. The molecule has 190 valence electrons. The highest BCUT2D eigenvalue weighted by molar-refractivity contribution is 5.95. The van der Waals surface area contributed by atoms with Crippen molar-refractivity contribution in [2.75, 3.05) is 4.90 Å². The summed E-state index contributed by atoms with van der Waals surface area (Å²) in [4.78, 5) is 15.7. The van der Waals surface area contributed by atoms with E-state index in [1.165, 1.54) is 22.5 Å². The summed E-state index contributed by atoms with van der Waals surface area (Å²) >= 11 is 0. The van der Waals surface area contributed by atoms with Crippen LogP contribution in [0, 0.1) is 13.8 Å². The molecule has 3 heteroatoms. The minimum absolute atomic E-state index is 0.0362. The maximum Gasteiger partial charge on any atom is 0.201 e. The Balaban J connectivity index is 1.35. The Morgan fingerprint density at radius 3 is 1.90 bits per heavy atom. The Morgan fingerprint density at radius 1 is 0.615 bits per heavy atom. The first-order valence-electron chi connectivity index (χ1n) is 13.4. The number of rotatable bonds is 2. The maximum atomic E-state index is 13.4. The second-order valence-corrected chi connectivity index (χ2v) is 11.1. The van der Waals surface area contributed by atoms with E-state index < -0.39 is 0 Å². The summed E-state index contributed by atoms with van der Waals surface area (Å²) < 4.78 is 6.26. The van der Waals surface area contributed by atoms with E-state index in [9.17, 15) is 4.79 Å². The van der Waals surface area contributed by atoms with E-state index in [-0.39, 0.29) is 10.8 Å². The summed E-state index contributed by atoms with van der Waals surface area (Å²) in [7, 11) is 0. The van der Waals surface area contributed by atoms with E-state index >= 15 is 0 Å². The minimum Gasteiger partial charge on any atom is -0.456 e. The summed E-state index contributed by atoms with van der Waals surface area (Å²) in [5.74, 6) is 0. The quantitative estimate of drug-likeness (QED) is 0.219. The highest BCUT2D eigenvalue weighted by atomic mass is 16.3. The van der Waals surface area contributed by atoms with Crippen molar-refractivity contribution in [2.24, 2.45) is 0 Å². The molecule has 1 aromatic heterocycles. The van der Waals surface area contributed by atoms with Crippen LogP contribution in [0.4, 0.5) is 17.1 Å². The molecule has 5 aromatic carbocycles. The first-order chi connectivity index (χ1) is 18.8. The number of aryl methyl sites for hydroxylation is 2. The summed E-state index contributed by atoms with van der Waals surface area (Å²) in [5, 5.41) is 1.32. The number of hydrogen-bond donors (Lipinski definition) is 0. The third kappa shape index (κ3) is 3.46. The van der Waals surface area contributed by atoms with E-state index in [4.69, 9.17) is 4.42 Å². The van der Waals surface area contributed by atoms with Gasteiger partial charge in [-0.15, -0.1) is 0 Å². The van der Waals surface area contributed by atoms with Gasteiger partial charge in [-0.3, -0.25) is 4.79 Å². The van der Waals surface area contributed by atoms with Gasteiger partial charge in [0.25, 0.3) is 0 Å². The number of fused-ring (bicyclic) bond motifs is 4. The third-order valence-corrected chi connectivity index (χ3v) is 8.30. The zero-order valence-electron chi connectivity index (χ0n) is 22.6. The molecule has 0 unspecified atom stereocenters. The molecular formula is C36H29NO2. The standard InChI is InChI=1S/C36H29NO2/c1-22-10-9-15-31-33(22)35(38)34-23(2)20-25(21-32(34)39-31)24-16-18-26(19-17-24)37-29-13-7-5-11-27(29)36(3,4)28-12-6-8-14-30(28)37/h5-21H,1-4H3. The zero-order chi connectivity index (χ0) is 26.9. The van der Waals surface area contributed by atoms with Crippen LogP contribution >= 0.6 is 0 Å². The Morgan fingerprint density at radius 2 is 1.23 bits per heavy atom. The lowest BCUT2D eigenvalue weighted by Gasteiger charge is -2.42. The normalized spacial score (nSPS) is 13.9. The molecule has 0 saturated carbocycles. The van der Waals surface area contributed by atoms with Gasteiger partial charge in [-0.05, 0) is 83.6 Å². The SMILES string of the molecule is Cc1cccc2oc3cc(-c4ccc(N5c6ccccc6C(C)(C)c6ccccc65)cc4)cc(C)c3c(=O)c12. The summed E-state index contributed by atoms with van der Waals surface area (Å²) in [6.07, 6.45) is 0. The topological polar surface area (TPSA) is 33.5 Å². The molecule has 2 heterocycles. The minimum atomic E-state index is -0.0844. The summed E-state index contributed by atoms with van der Waals surface area (Å²) in [5.41, 5.74) is 11.3. The van der Waals surface area contributed by atoms with Crippen molar-refractivity contribution in [2.45, 2.75) is 33.1 Å². The molecule has 0 amide bonds. The molecule has 6 aromatic rings. The molecule has 0 radical (unpaired) electrons. The Bertz CT molecular complexity index is 1930. The number of hydrogen-bond acceptors (Lipinski definition) is 3. The van der Waals surface area contributed by atoms with Crippen LogP contribution in [0.3, 0.4) is 0 Å². The average molecular weight is 508 g/mol. The van der Waals surface area contributed by atoms with Crippen molar-refractivity contribution < 1.29 is 4.42 Å². The molecule has 0 saturated heterocycles. The largest absolute Gasteiger partial charge is 0.456 e. The smallest absolute Gasteiger partial charge is 0.201 e. The van der Waals surface area contributed by atoms with Gasteiger partial charge in [-0.2, -0.15) is 0 Å². The molecule has 0 aliphatic carbocycles. The van der Waals surface area contributed by atoms with Crippen molar-refractivity contribution >= 4 is 39.0 Å². The van der Waals surface area contributed by atoms with Crippen molar-refractivity contribution in [1.82, 2.24) is 0 Å². The van der Waals surface area contributed by atoms with Crippen LogP contribution in [-0.2, 0) is 5.41 Å². The van der Waals surface area contributed by atoms with Crippen LogP contribution in [0.25, 0.3) is 33.1 Å². The van der Waals surface area contributed by atoms with E-state index in [1.54, 1.807) is 0 Å². The number of anilines is 3. The molecule has 7 rings (SSSR count). The molecule has 39 heavy (non-hydrogen) atoms. The van der Waals surface area contributed by atoms with Gasteiger partial charge in [-0.25, -0.2) is 0 Å². The summed E-state index contributed by atoms with van der Waals surface area (Å²) in [6, 6.07) is 35.9. The molecule has 0 bridgehead atoms. The molecule has 0 N–H and O–H groups in total. The molecule has 3 nitrogen and oxygen atoms in total. The van der Waals surface area contributed by atoms with Crippen LogP contribution in [0.5, 0.6) is 0 Å². The molecule has 0 atom stereocenters. The second-order valence-electron chi connectivity index (χ2n) is 11.1. The van der Waals surface area contributed by atoms with Crippen molar-refractivity contribution in [3.05, 3.63) is 136 Å². The van der Waals surface area contributed by atoms with Crippen LogP contribution in [-0.4, -0.2) is 0 Å². The molecule has 1 aliphatic rings. The molecule has 0 fully saturated rings. The van der Waals surface area contributed by atoms with Gasteiger partial charge in [0.2, 0.25) is 5.43 Å². The lowest BCUT2D eigenvalue weighted by atomic mass is 9.73. The Hall–Kier alpha value is -4.63. The molecule has 0 spiro atoms. The maximum absolute atomic E-state index is 13.4. The monoisotopic (exact) mass is 507 g/mol. The predicted octanol–water partition coefficient (Wildman–Crippen LogP) is 9.34. The zero-order valence-corrected chi connectivity index (χ0v) is 22.6. The van der Waals surface area contributed by atoms with Crippen molar-refractivity contribution in [3.8, 4) is 11.1 Å². The average Bonchev–Trinajstić information content (AvgIpc) is 2.93. The van der Waals surface area contributed by atoms with Crippen LogP contribution in [0.1, 0.15) is 36.1 Å². The first kappa shape index (κ1) is 23.5. The number of nitrogens with zero attached hydrogens (tertiary/aromatic N) is 1. The van der Waals surface area contributed by atoms with Crippen molar-refractivity contribution in [3.63, 3.8) is 0 Å². The summed E-state index contributed by atoms with van der Waals surface area (Å²) in [6.45, 7) is 8.55. The van der Waals surface area contributed by atoms with E-state index in [0.717, 1.165) is 27.9 Å². The Labute approximate surface area is 228 Å². The first-order valence-corrected chi connectivity index (χ1v) is 13.4. The predicted molar refractivity (Wildman–Crippen MR) is 162 cm³/mol. The lowest BCUT2D eigenvalue weighted by molar-refractivity contribution is 0.632. The number of benzene rings is 5. The highest BCUT2D eigenvalue weighted by Crippen LogP contribution is 2.51. The van der Waals surface area contributed by atoms with Gasteiger partial charge in [0.05, 0.1) is 22.1 Å². The van der Waals surface area contributed by atoms with E-state index in [0.29, 0.717) is 21.9 Å². The molecule has 1 aliphatic heterocycles. The fraction of sp³-hybridized carbons (Fsp3) is 0.139. The second kappa shape index (κ2) is 8.44. The van der Waals surface area contributed by atoms with Crippen molar-refractivity contribution in [1.29, 1.82) is 0 Å². The van der Waals surface area contributed by atoms with E-state index in [2.05, 4.69) is 97.6 Å². The van der Waals surface area contributed by atoms with Gasteiger partial charge in [0.1, 0.15) is 11.2 Å². The molecular weight excluding hydrogens is 478 g/mol. The Kier molecular flexibility index (Phi) is 5.08. The van der Waals surface area contributed by atoms with Gasteiger partial charge in [0, 0.05) is 11.1 Å². The lowest BCUT2D eigenvalue weighted by Crippen LogP contribution is -2.30. The number of para-hydroxylation sites is 2. The van der Waals surface area contributed by atoms with Crippen LogP contribution < -0.4 is 10.3 Å². The van der Waals surface area contributed by atoms with Gasteiger partial charge < -0.3 is 9.32 Å². The van der Waals surface area contributed by atoms with Gasteiger partial charge in [0.15, 0.2) is 0 Å². The van der Waals surface area contributed by atoms with Gasteiger partial charge in [-0.1, -0.05) is 80.6 Å².